The second-order valence-electron chi connectivity index (χ2n) is 6.15. The summed E-state index contributed by atoms with van der Waals surface area (Å²) in [4.78, 5) is 21.3. The number of nitrogens with one attached hydrogen (secondary N) is 1. The third kappa shape index (κ3) is 4.91. The van der Waals surface area contributed by atoms with Crippen LogP contribution >= 0.6 is 15.9 Å². The van der Waals surface area contributed by atoms with Crippen molar-refractivity contribution in [2.24, 2.45) is 0 Å². The number of halogens is 1. The molecule has 0 spiro atoms. The van der Waals surface area contributed by atoms with Gasteiger partial charge in [-0.2, -0.15) is 0 Å². The van der Waals surface area contributed by atoms with Crippen LogP contribution in [0.4, 0.5) is 0 Å². The molecular weight excluding hydrogens is 398 g/mol. The normalized spacial score (nSPS) is 12.5. The van der Waals surface area contributed by atoms with Crippen LogP contribution in [0.2, 0.25) is 0 Å². The highest BCUT2D eigenvalue weighted by Gasteiger charge is 2.12. The number of H-pyrrole nitrogens is 1. The van der Waals surface area contributed by atoms with Crippen molar-refractivity contribution in [2.45, 2.75) is 12.6 Å². The summed E-state index contributed by atoms with van der Waals surface area (Å²) in [5.74, 6) is 1.26. The number of hydrogen-bond acceptors (Lipinski definition) is 5. The summed E-state index contributed by atoms with van der Waals surface area (Å²) in [6, 6.07) is 14.7. The fourth-order valence-corrected chi connectivity index (χ4v) is 3.07. The van der Waals surface area contributed by atoms with Crippen LogP contribution in [0.3, 0.4) is 0 Å². The van der Waals surface area contributed by atoms with Crippen LogP contribution in [-0.2, 0) is 6.54 Å². The molecule has 0 amide bonds. The lowest BCUT2D eigenvalue weighted by molar-refractivity contribution is 0.0737. The Kier molecular flexibility index (Phi) is 6.03. The molecule has 3 rings (SSSR count). The zero-order valence-electron chi connectivity index (χ0n) is 14.4. The molecule has 0 aliphatic carbocycles. The van der Waals surface area contributed by atoms with Crippen LogP contribution in [-0.4, -0.2) is 46.3 Å². The zero-order valence-corrected chi connectivity index (χ0v) is 15.9. The average molecular weight is 418 g/mol. The number of para-hydroxylation sites is 1. The first-order chi connectivity index (χ1) is 12.5. The van der Waals surface area contributed by atoms with E-state index < -0.39 is 6.10 Å². The van der Waals surface area contributed by atoms with Crippen LogP contribution in [0.15, 0.2) is 57.8 Å². The van der Waals surface area contributed by atoms with Gasteiger partial charge < -0.3 is 14.8 Å². The first-order valence-electron chi connectivity index (χ1n) is 8.24. The van der Waals surface area contributed by atoms with E-state index in [4.69, 9.17) is 4.74 Å². The van der Waals surface area contributed by atoms with E-state index in [9.17, 15) is 9.90 Å². The molecule has 1 heterocycles. The van der Waals surface area contributed by atoms with Gasteiger partial charge >= 0.3 is 0 Å². The van der Waals surface area contributed by atoms with E-state index in [-0.39, 0.29) is 12.2 Å². The number of hydrogen-bond donors (Lipinski definition) is 2. The molecule has 1 aromatic heterocycles. The molecular formula is C19H20BrN3O3. The number of nitrogens with zero attached hydrogens (tertiary/aromatic N) is 2. The largest absolute Gasteiger partial charge is 0.491 e. The number of ether oxygens (including phenoxy) is 1. The van der Waals surface area contributed by atoms with Crippen molar-refractivity contribution < 1.29 is 9.84 Å². The minimum atomic E-state index is -0.661. The zero-order chi connectivity index (χ0) is 18.5. The van der Waals surface area contributed by atoms with Gasteiger partial charge in [0.15, 0.2) is 0 Å². The van der Waals surface area contributed by atoms with Crippen LogP contribution in [0.25, 0.3) is 10.9 Å². The lowest BCUT2D eigenvalue weighted by Gasteiger charge is -2.20. The maximum absolute atomic E-state index is 12.1. The molecule has 0 bridgehead atoms. The van der Waals surface area contributed by atoms with Gasteiger partial charge in [0.1, 0.15) is 24.3 Å². The van der Waals surface area contributed by atoms with Crippen molar-refractivity contribution in [1.29, 1.82) is 0 Å². The molecule has 26 heavy (non-hydrogen) atoms. The Morgan fingerprint density at radius 2 is 2.08 bits per heavy atom. The second kappa shape index (κ2) is 8.44. The van der Waals surface area contributed by atoms with Gasteiger partial charge in [0.05, 0.1) is 17.4 Å². The maximum atomic E-state index is 12.1. The molecule has 0 radical (unpaired) electrons. The summed E-state index contributed by atoms with van der Waals surface area (Å²) < 4.78 is 6.52. The van der Waals surface area contributed by atoms with Gasteiger partial charge in [0, 0.05) is 11.0 Å². The van der Waals surface area contributed by atoms with E-state index in [1.54, 1.807) is 6.07 Å². The highest BCUT2D eigenvalue weighted by atomic mass is 79.9. The van der Waals surface area contributed by atoms with Crippen molar-refractivity contribution >= 4 is 26.8 Å². The number of aliphatic hydroxyl groups is 1. The SMILES string of the molecule is CN(Cc1nc2ccccc2c(=O)[nH]1)C[C@H](O)COc1cccc(Br)c1. The first-order valence-corrected chi connectivity index (χ1v) is 9.03. The van der Waals surface area contributed by atoms with Gasteiger partial charge in [-0.25, -0.2) is 4.98 Å². The van der Waals surface area contributed by atoms with Crippen molar-refractivity contribution in [1.82, 2.24) is 14.9 Å². The fourth-order valence-electron chi connectivity index (χ4n) is 2.69. The minimum absolute atomic E-state index is 0.155. The van der Waals surface area contributed by atoms with Crippen molar-refractivity contribution in [3.63, 3.8) is 0 Å². The Morgan fingerprint density at radius 3 is 2.88 bits per heavy atom. The molecule has 2 N–H and O–H groups in total. The lowest BCUT2D eigenvalue weighted by Crippen LogP contribution is -2.33. The van der Waals surface area contributed by atoms with Crippen molar-refractivity contribution in [2.75, 3.05) is 20.2 Å². The third-order valence-corrected chi connectivity index (χ3v) is 4.34. The topological polar surface area (TPSA) is 78.5 Å². The molecule has 7 heteroatoms. The summed E-state index contributed by atoms with van der Waals surface area (Å²) >= 11 is 3.38. The summed E-state index contributed by atoms with van der Waals surface area (Å²) in [7, 11) is 1.86. The number of fused-ring (bicyclic) bond motifs is 1. The fraction of sp³-hybridized carbons (Fsp3) is 0.263. The Morgan fingerprint density at radius 1 is 1.27 bits per heavy atom. The average Bonchev–Trinajstić information content (AvgIpc) is 2.60. The molecule has 0 unspecified atom stereocenters. The summed E-state index contributed by atoms with van der Waals surface area (Å²) in [5, 5.41) is 10.8. The third-order valence-electron chi connectivity index (χ3n) is 3.84. The van der Waals surface area contributed by atoms with Gasteiger partial charge in [-0.15, -0.1) is 0 Å². The van der Waals surface area contributed by atoms with Crippen LogP contribution in [0.1, 0.15) is 5.82 Å². The predicted octanol–water partition coefficient (Wildman–Crippen LogP) is 2.56. The first kappa shape index (κ1) is 18.6. The molecule has 1 atom stereocenters. The number of aliphatic hydroxyl groups excluding tert-OH is 1. The summed E-state index contributed by atoms with van der Waals surface area (Å²) in [6.07, 6.45) is -0.661. The van der Waals surface area contributed by atoms with Gasteiger partial charge in [-0.3, -0.25) is 9.69 Å². The molecule has 3 aromatic rings. The smallest absolute Gasteiger partial charge is 0.258 e. The molecule has 0 fully saturated rings. The number of rotatable bonds is 7. The van der Waals surface area contributed by atoms with E-state index in [1.165, 1.54) is 0 Å². The lowest BCUT2D eigenvalue weighted by atomic mass is 10.2. The van der Waals surface area contributed by atoms with E-state index in [1.807, 2.05) is 54.4 Å². The van der Waals surface area contributed by atoms with Crippen LogP contribution < -0.4 is 10.3 Å². The highest BCUT2D eigenvalue weighted by molar-refractivity contribution is 9.10. The maximum Gasteiger partial charge on any atom is 0.258 e. The number of likely N-dealkylation sites (N-methyl/N-ethyl adjacent to an activating group) is 1. The summed E-state index contributed by atoms with van der Waals surface area (Å²) in [5.41, 5.74) is 0.510. The van der Waals surface area contributed by atoms with Gasteiger partial charge in [-0.1, -0.05) is 34.1 Å². The van der Waals surface area contributed by atoms with Gasteiger partial charge in [0.2, 0.25) is 0 Å². The Labute approximate surface area is 159 Å². The Hall–Kier alpha value is -2.22. The summed E-state index contributed by atoms with van der Waals surface area (Å²) in [6.45, 7) is 1.00. The molecule has 6 nitrogen and oxygen atoms in total. The minimum Gasteiger partial charge on any atom is -0.491 e. The quantitative estimate of drug-likeness (QED) is 0.617. The van der Waals surface area contributed by atoms with Gasteiger partial charge in [-0.05, 0) is 37.4 Å². The van der Waals surface area contributed by atoms with Crippen molar-refractivity contribution in [3.8, 4) is 5.75 Å². The van der Waals surface area contributed by atoms with E-state index in [0.29, 0.717) is 35.6 Å². The molecule has 0 aliphatic rings. The van der Waals surface area contributed by atoms with Crippen LogP contribution in [0.5, 0.6) is 5.75 Å². The van der Waals surface area contributed by atoms with Crippen molar-refractivity contribution in [3.05, 3.63) is 69.2 Å². The van der Waals surface area contributed by atoms with E-state index in [2.05, 4.69) is 25.9 Å². The number of aromatic nitrogens is 2. The van der Waals surface area contributed by atoms with E-state index >= 15 is 0 Å². The number of benzene rings is 2. The molecule has 0 saturated heterocycles. The Bertz CT molecular complexity index is 944. The second-order valence-corrected chi connectivity index (χ2v) is 7.06. The molecule has 0 saturated carbocycles. The predicted molar refractivity (Wildman–Crippen MR) is 104 cm³/mol. The van der Waals surface area contributed by atoms with E-state index in [0.717, 1.165) is 4.47 Å². The molecule has 136 valence electrons. The monoisotopic (exact) mass is 417 g/mol. The van der Waals surface area contributed by atoms with Gasteiger partial charge in [0.25, 0.3) is 5.56 Å². The highest BCUT2D eigenvalue weighted by Crippen LogP contribution is 2.17. The molecule has 2 aromatic carbocycles. The molecule has 0 aliphatic heterocycles. The number of aromatic amines is 1. The Balaban J connectivity index is 1.56. The van der Waals surface area contributed by atoms with Crippen LogP contribution in [0, 0.1) is 0 Å². The standard InChI is InChI=1S/C19H20BrN3O3/c1-23(10-14(24)12-26-15-6-4-5-13(20)9-15)11-18-21-17-8-3-2-7-16(17)19(25)22-18/h2-9,14,24H,10-12H2,1H3,(H,21,22,25)/t14-/m0/s1.